The van der Waals surface area contributed by atoms with Gasteiger partial charge in [-0.05, 0) is 63.5 Å². The maximum absolute atomic E-state index is 12.4. The fourth-order valence-corrected chi connectivity index (χ4v) is 6.50. The van der Waals surface area contributed by atoms with Crippen molar-refractivity contribution in [3.63, 3.8) is 0 Å². The second kappa shape index (κ2) is 12.3. The van der Waals surface area contributed by atoms with E-state index in [1.54, 1.807) is 11.3 Å². The highest BCUT2D eigenvalue weighted by Crippen LogP contribution is 2.40. The molecule has 7 nitrogen and oxygen atoms in total. The van der Waals surface area contributed by atoms with Crippen LogP contribution in [0.4, 0.5) is 10.8 Å². The summed E-state index contributed by atoms with van der Waals surface area (Å²) >= 11 is 1.79. The molecule has 0 unspecified atom stereocenters. The molecule has 2 saturated heterocycles. The maximum Gasteiger partial charge on any atom is 0.258 e. The number of aryl methyl sites for hydroxylation is 1. The Balaban J connectivity index is 1.31. The molecule has 1 N–H and O–H groups in total. The molecule has 3 heterocycles. The summed E-state index contributed by atoms with van der Waals surface area (Å²) in [5.74, 6) is 0.731. The van der Waals surface area contributed by atoms with Crippen molar-refractivity contribution < 1.29 is 9.53 Å². The second-order valence-electron chi connectivity index (χ2n) is 10.9. The number of thiazole rings is 1. The number of carbonyl (C=O) groups is 1. The number of aromatic nitrogens is 1. The Hall–Kier alpha value is -2.84. The Morgan fingerprint density at radius 2 is 1.82 bits per heavy atom. The fraction of sp³-hybridized carbons (Fsp3) is 0.533. The van der Waals surface area contributed by atoms with Crippen molar-refractivity contribution in [1.82, 2.24) is 15.2 Å². The Labute approximate surface area is 230 Å². The van der Waals surface area contributed by atoms with Crippen LogP contribution in [0.2, 0.25) is 0 Å². The molecular weight excluding hydrogens is 494 g/mol. The summed E-state index contributed by atoms with van der Waals surface area (Å²) in [6, 6.07) is 10.8. The first-order chi connectivity index (χ1) is 18.5. The highest BCUT2D eigenvalue weighted by molar-refractivity contribution is 7.13. The van der Waals surface area contributed by atoms with E-state index in [9.17, 15) is 4.79 Å². The van der Waals surface area contributed by atoms with E-state index in [2.05, 4.69) is 62.7 Å². The highest BCUT2D eigenvalue weighted by atomic mass is 32.1. The van der Waals surface area contributed by atoms with Crippen LogP contribution in [0.25, 0.3) is 10.8 Å². The van der Waals surface area contributed by atoms with Gasteiger partial charge in [0.1, 0.15) is 5.75 Å². The smallest absolute Gasteiger partial charge is 0.258 e. The molecule has 8 heteroatoms. The van der Waals surface area contributed by atoms with Gasteiger partial charge in [0, 0.05) is 62.6 Å². The second-order valence-corrected chi connectivity index (χ2v) is 11.7. The van der Waals surface area contributed by atoms with Crippen LogP contribution < -0.4 is 19.9 Å². The molecule has 1 aromatic heterocycles. The van der Waals surface area contributed by atoms with Crippen molar-refractivity contribution in [2.24, 2.45) is 0 Å². The minimum absolute atomic E-state index is 0.0213. The largest absolute Gasteiger partial charge is 0.481 e. The van der Waals surface area contributed by atoms with Gasteiger partial charge in [-0.3, -0.25) is 9.69 Å². The Kier molecular flexibility index (Phi) is 8.69. The fourth-order valence-electron chi connectivity index (χ4n) is 5.62. The van der Waals surface area contributed by atoms with E-state index in [1.807, 2.05) is 13.8 Å². The predicted molar refractivity (Wildman–Crippen MR) is 158 cm³/mol. The molecule has 0 aliphatic carbocycles. The predicted octanol–water partition coefficient (Wildman–Crippen LogP) is 5.21. The van der Waals surface area contributed by atoms with Gasteiger partial charge < -0.3 is 19.9 Å². The third-order valence-corrected chi connectivity index (χ3v) is 8.37. The zero-order valence-electron chi connectivity index (χ0n) is 23.0. The SMILES string of the molecule is Cc1cc2ccccc2c(N2CCCN(Cc3csc(N4CCCCC4)n3)CC2)c1OCC(=O)NC(C)C. The molecule has 2 aromatic carbocycles. The molecule has 5 rings (SSSR count). The number of carbonyl (C=O) groups excluding carboxylic acids is 1. The van der Waals surface area contributed by atoms with Gasteiger partial charge in [-0.2, -0.15) is 0 Å². The zero-order chi connectivity index (χ0) is 26.5. The van der Waals surface area contributed by atoms with Crippen molar-refractivity contribution in [3.8, 4) is 5.75 Å². The lowest BCUT2D eigenvalue weighted by atomic mass is 10.0. The average molecular weight is 536 g/mol. The standard InChI is InChI=1S/C30H41N5O2S/c1-22(2)31-27(36)20-37-29-23(3)18-24-10-5-6-11-26(24)28(29)34-15-9-12-33(16-17-34)19-25-21-38-30(32-25)35-13-7-4-8-14-35/h5-6,10-11,18,21-22H,4,7-9,12-17,19-20H2,1-3H3,(H,31,36). The lowest BCUT2D eigenvalue weighted by molar-refractivity contribution is -0.123. The van der Waals surface area contributed by atoms with Crippen LogP contribution in [0, 0.1) is 6.92 Å². The number of hydrogen-bond acceptors (Lipinski definition) is 7. The summed E-state index contributed by atoms with van der Waals surface area (Å²) in [4.78, 5) is 24.8. The summed E-state index contributed by atoms with van der Waals surface area (Å²) in [5, 5.41) is 8.75. The van der Waals surface area contributed by atoms with Crippen molar-refractivity contribution in [2.75, 3.05) is 55.7 Å². The van der Waals surface area contributed by atoms with E-state index < -0.39 is 0 Å². The molecule has 3 aromatic rings. The number of amides is 1. The van der Waals surface area contributed by atoms with E-state index >= 15 is 0 Å². The van der Waals surface area contributed by atoms with Crippen LogP contribution in [0.15, 0.2) is 35.7 Å². The summed E-state index contributed by atoms with van der Waals surface area (Å²) in [5.41, 5.74) is 3.36. The van der Waals surface area contributed by atoms with E-state index in [0.29, 0.717) is 0 Å². The van der Waals surface area contributed by atoms with Gasteiger partial charge in [0.15, 0.2) is 11.7 Å². The number of nitrogens with zero attached hydrogens (tertiary/aromatic N) is 4. The first-order valence-corrected chi connectivity index (χ1v) is 15.0. The summed E-state index contributed by atoms with van der Waals surface area (Å²) in [7, 11) is 0. The van der Waals surface area contributed by atoms with Crippen molar-refractivity contribution in [1.29, 1.82) is 0 Å². The van der Waals surface area contributed by atoms with Gasteiger partial charge in [0.05, 0.1) is 11.4 Å². The lowest BCUT2D eigenvalue weighted by Gasteiger charge is -2.28. The Morgan fingerprint density at radius 3 is 2.63 bits per heavy atom. The molecule has 1 amide bonds. The molecule has 0 saturated carbocycles. The Bertz CT molecular complexity index is 1240. The number of piperidine rings is 1. The highest BCUT2D eigenvalue weighted by Gasteiger charge is 2.23. The van der Waals surface area contributed by atoms with Gasteiger partial charge in [0.2, 0.25) is 0 Å². The topological polar surface area (TPSA) is 60.9 Å². The lowest BCUT2D eigenvalue weighted by Crippen LogP contribution is -2.35. The number of rotatable bonds is 8. The minimum Gasteiger partial charge on any atom is -0.481 e. The van der Waals surface area contributed by atoms with Gasteiger partial charge in [-0.25, -0.2) is 4.98 Å². The van der Waals surface area contributed by atoms with Gasteiger partial charge in [-0.1, -0.05) is 24.3 Å². The molecular formula is C30H41N5O2S. The van der Waals surface area contributed by atoms with Crippen molar-refractivity contribution in [2.45, 2.75) is 59.0 Å². The average Bonchev–Trinajstić information content (AvgIpc) is 3.25. The molecule has 2 fully saturated rings. The minimum atomic E-state index is -0.0901. The molecule has 38 heavy (non-hydrogen) atoms. The number of anilines is 2. The molecule has 0 atom stereocenters. The van der Waals surface area contributed by atoms with Crippen LogP contribution in [-0.2, 0) is 11.3 Å². The van der Waals surface area contributed by atoms with Gasteiger partial charge >= 0.3 is 0 Å². The zero-order valence-corrected chi connectivity index (χ0v) is 23.9. The quantitative estimate of drug-likeness (QED) is 0.427. The number of hydrogen-bond donors (Lipinski definition) is 1. The molecule has 0 spiro atoms. The van der Waals surface area contributed by atoms with Crippen LogP contribution in [0.1, 0.15) is 50.8 Å². The van der Waals surface area contributed by atoms with E-state index in [4.69, 9.17) is 9.72 Å². The van der Waals surface area contributed by atoms with Crippen LogP contribution in [0.3, 0.4) is 0 Å². The summed E-state index contributed by atoms with van der Waals surface area (Å²) < 4.78 is 6.24. The monoisotopic (exact) mass is 535 g/mol. The van der Waals surface area contributed by atoms with Crippen LogP contribution in [-0.4, -0.2) is 67.7 Å². The normalized spacial score (nSPS) is 17.2. The molecule has 0 radical (unpaired) electrons. The van der Waals surface area contributed by atoms with Crippen LogP contribution in [0.5, 0.6) is 5.75 Å². The molecule has 0 bridgehead atoms. The van der Waals surface area contributed by atoms with Crippen molar-refractivity contribution >= 4 is 38.8 Å². The number of ether oxygens (including phenoxy) is 1. The number of nitrogens with one attached hydrogen (secondary N) is 1. The summed E-state index contributed by atoms with van der Waals surface area (Å²) in [6.07, 6.45) is 4.96. The maximum atomic E-state index is 12.4. The first kappa shape index (κ1) is 26.8. The third-order valence-electron chi connectivity index (χ3n) is 7.41. The third kappa shape index (κ3) is 6.41. The van der Waals surface area contributed by atoms with Gasteiger partial charge in [-0.15, -0.1) is 11.3 Å². The van der Waals surface area contributed by atoms with E-state index in [1.165, 1.54) is 40.9 Å². The number of fused-ring (bicyclic) bond motifs is 1. The van der Waals surface area contributed by atoms with E-state index in [0.717, 1.165) is 69.2 Å². The van der Waals surface area contributed by atoms with E-state index in [-0.39, 0.29) is 18.6 Å². The number of benzene rings is 2. The van der Waals surface area contributed by atoms with Gasteiger partial charge in [0.25, 0.3) is 5.91 Å². The first-order valence-electron chi connectivity index (χ1n) is 14.1. The van der Waals surface area contributed by atoms with Crippen molar-refractivity contribution in [3.05, 3.63) is 47.0 Å². The summed E-state index contributed by atoms with van der Waals surface area (Å²) in [6.45, 7) is 13.1. The molecule has 2 aliphatic heterocycles. The Morgan fingerprint density at radius 1 is 1.03 bits per heavy atom. The molecule has 2 aliphatic rings. The van der Waals surface area contributed by atoms with Crippen LogP contribution >= 0.6 is 11.3 Å². The molecule has 204 valence electrons.